The van der Waals surface area contributed by atoms with Crippen LogP contribution in [-0.2, 0) is 12.8 Å². The Labute approximate surface area is 116 Å². The molecule has 1 aromatic carbocycles. The molecule has 0 fully saturated rings. The molecule has 0 unspecified atom stereocenters. The Hall–Kier alpha value is -1.68. The summed E-state index contributed by atoms with van der Waals surface area (Å²) >= 11 is 1.44. The SMILES string of the molecule is O=C(O)c1csc(CCCCCc2ccccc2)n1. The summed E-state index contributed by atoms with van der Waals surface area (Å²) in [6.07, 6.45) is 5.38. The molecule has 0 aliphatic rings. The second-order valence-corrected chi connectivity index (χ2v) is 5.42. The van der Waals surface area contributed by atoms with Gasteiger partial charge in [-0.15, -0.1) is 11.3 Å². The Morgan fingerprint density at radius 3 is 2.53 bits per heavy atom. The molecule has 19 heavy (non-hydrogen) atoms. The van der Waals surface area contributed by atoms with E-state index in [0.29, 0.717) is 0 Å². The number of rotatable bonds is 7. The minimum atomic E-state index is -0.938. The molecule has 0 amide bonds. The molecular weight excluding hydrogens is 258 g/mol. The van der Waals surface area contributed by atoms with Crippen LogP contribution in [0.15, 0.2) is 35.7 Å². The van der Waals surface area contributed by atoms with E-state index in [1.54, 1.807) is 5.38 Å². The number of hydrogen-bond donors (Lipinski definition) is 1. The molecular formula is C15H17NO2S. The highest BCUT2D eigenvalue weighted by atomic mass is 32.1. The molecule has 0 atom stereocenters. The highest BCUT2D eigenvalue weighted by Crippen LogP contribution is 2.14. The number of aromatic nitrogens is 1. The molecule has 1 N–H and O–H groups in total. The third-order valence-corrected chi connectivity index (χ3v) is 3.88. The molecule has 2 aromatic rings. The summed E-state index contributed by atoms with van der Waals surface area (Å²) in [6, 6.07) is 10.5. The third-order valence-electron chi connectivity index (χ3n) is 2.97. The average molecular weight is 275 g/mol. The van der Waals surface area contributed by atoms with Crippen molar-refractivity contribution in [2.24, 2.45) is 0 Å². The minimum absolute atomic E-state index is 0.171. The van der Waals surface area contributed by atoms with E-state index in [-0.39, 0.29) is 5.69 Å². The molecule has 0 saturated heterocycles. The first-order valence-corrected chi connectivity index (χ1v) is 7.35. The Kier molecular flexibility index (Phi) is 5.10. The van der Waals surface area contributed by atoms with Crippen LogP contribution in [0.3, 0.4) is 0 Å². The standard InChI is InChI=1S/C15H17NO2S/c17-15(18)13-11-19-14(16-13)10-6-2-5-9-12-7-3-1-4-8-12/h1,3-4,7-8,11H,2,5-6,9-10H2,(H,17,18). The zero-order chi connectivity index (χ0) is 13.5. The quantitative estimate of drug-likeness (QED) is 0.782. The van der Waals surface area contributed by atoms with Gasteiger partial charge in [0.15, 0.2) is 5.69 Å². The normalized spacial score (nSPS) is 10.5. The topological polar surface area (TPSA) is 50.2 Å². The zero-order valence-corrected chi connectivity index (χ0v) is 11.5. The van der Waals surface area contributed by atoms with Crippen molar-refractivity contribution in [1.29, 1.82) is 0 Å². The number of benzene rings is 1. The van der Waals surface area contributed by atoms with Crippen molar-refractivity contribution in [2.45, 2.75) is 32.1 Å². The fourth-order valence-corrected chi connectivity index (χ4v) is 2.77. The fraction of sp³-hybridized carbons (Fsp3) is 0.333. The lowest BCUT2D eigenvalue weighted by Crippen LogP contribution is -1.96. The zero-order valence-electron chi connectivity index (χ0n) is 10.7. The molecule has 0 saturated carbocycles. The summed E-state index contributed by atoms with van der Waals surface area (Å²) in [5.41, 5.74) is 1.55. The van der Waals surface area contributed by atoms with Gasteiger partial charge in [0.05, 0.1) is 5.01 Å². The molecule has 100 valence electrons. The van der Waals surface area contributed by atoms with Gasteiger partial charge in [-0.2, -0.15) is 0 Å². The molecule has 0 aliphatic heterocycles. The predicted octanol–water partition coefficient (Wildman–Crippen LogP) is 3.80. The van der Waals surface area contributed by atoms with Gasteiger partial charge in [0.2, 0.25) is 0 Å². The van der Waals surface area contributed by atoms with Crippen molar-refractivity contribution in [2.75, 3.05) is 0 Å². The molecule has 2 rings (SSSR count). The Morgan fingerprint density at radius 1 is 1.11 bits per heavy atom. The molecule has 0 aliphatic carbocycles. The van der Waals surface area contributed by atoms with Crippen molar-refractivity contribution in [3.63, 3.8) is 0 Å². The molecule has 1 heterocycles. The number of aryl methyl sites for hydroxylation is 2. The van der Waals surface area contributed by atoms with Gasteiger partial charge < -0.3 is 5.11 Å². The van der Waals surface area contributed by atoms with Crippen LogP contribution in [0.1, 0.15) is 40.3 Å². The summed E-state index contributed by atoms with van der Waals surface area (Å²) < 4.78 is 0. The average Bonchev–Trinajstić information content (AvgIpc) is 2.89. The first-order valence-electron chi connectivity index (χ1n) is 6.47. The first kappa shape index (κ1) is 13.7. The maximum absolute atomic E-state index is 10.7. The van der Waals surface area contributed by atoms with Crippen molar-refractivity contribution >= 4 is 17.3 Å². The van der Waals surface area contributed by atoms with Crippen molar-refractivity contribution in [1.82, 2.24) is 4.98 Å². The van der Waals surface area contributed by atoms with E-state index in [1.807, 2.05) is 6.07 Å². The summed E-state index contributed by atoms with van der Waals surface area (Å²) in [6.45, 7) is 0. The van der Waals surface area contributed by atoms with Crippen LogP contribution in [0.25, 0.3) is 0 Å². The number of nitrogens with zero attached hydrogens (tertiary/aromatic N) is 1. The van der Waals surface area contributed by atoms with Gasteiger partial charge in [-0.25, -0.2) is 9.78 Å². The van der Waals surface area contributed by atoms with E-state index in [0.717, 1.165) is 30.7 Å². The number of carboxylic acid groups (broad SMARTS) is 1. The lowest BCUT2D eigenvalue weighted by atomic mass is 10.1. The number of aromatic carboxylic acids is 1. The third kappa shape index (κ3) is 4.48. The minimum Gasteiger partial charge on any atom is -0.476 e. The van der Waals surface area contributed by atoms with Crippen LogP contribution in [0.2, 0.25) is 0 Å². The Balaban J connectivity index is 1.65. The summed E-state index contributed by atoms with van der Waals surface area (Å²) in [5.74, 6) is -0.938. The summed E-state index contributed by atoms with van der Waals surface area (Å²) in [5, 5.41) is 11.3. The summed E-state index contributed by atoms with van der Waals surface area (Å²) in [7, 11) is 0. The number of unbranched alkanes of at least 4 members (excludes halogenated alkanes) is 2. The van der Waals surface area contributed by atoms with Crippen LogP contribution in [0, 0.1) is 0 Å². The van der Waals surface area contributed by atoms with E-state index < -0.39 is 5.97 Å². The first-order chi connectivity index (χ1) is 9.25. The van der Waals surface area contributed by atoms with Crippen LogP contribution in [-0.4, -0.2) is 16.1 Å². The molecule has 0 bridgehead atoms. The maximum atomic E-state index is 10.7. The van der Waals surface area contributed by atoms with E-state index >= 15 is 0 Å². The molecule has 3 nitrogen and oxygen atoms in total. The lowest BCUT2D eigenvalue weighted by Gasteiger charge is -2.00. The van der Waals surface area contributed by atoms with Gasteiger partial charge in [-0.1, -0.05) is 36.8 Å². The van der Waals surface area contributed by atoms with E-state index in [1.165, 1.54) is 23.3 Å². The maximum Gasteiger partial charge on any atom is 0.355 e. The smallest absolute Gasteiger partial charge is 0.355 e. The Morgan fingerprint density at radius 2 is 1.84 bits per heavy atom. The molecule has 1 aromatic heterocycles. The van der Waals surface area contributed by atoms with Gasteiger partial charge in [-0.05, 0) is 31.2 Å². The van der Waals surface area contributed by atoms with Crippen LogP contribution >= 0.6 is 11.3 Å². The molecule has 0 radical (unpaired) electrons. The van der Waals surface area contributed by atoms with Crippen molar-refractivity contribution in [3.05, 3.63) is 52.0 Å². The number of hydrogen-bond acceptors (Lipinski definition) is 3. The van der Waals surface area contributed by atoms with E-state index in [9.17, 15) is 4.79 Å². The van der Waals surface area contributed by atoms with Gasteiger partial charge in [0.1, 0.15) is 0 Å². The Bertz CT molecular complexity index is 522. The number of carboxylic acids is 1. The number of carbonyl (C=O) groups is 1. The van der Waals surface area contributed by atoms with Crippen LogP contribution in [0.4, 0.5) is 0 Å². The lowest BCUT2D eigenvalue weighted by molar-refractivity contribution is 0.0691. The predicted molar refractivity (Wildman–Crippen MR) is 76.8 cm³/mol. The molecule has 4 heteroatoms. The molecule has 0 spiro atoms. The monoisotopic (exact) mass is 275 g/mol. The largest absolute Gasteiger partial charge is 0.476 e. The van der Waals surface area contributed by atoms with Crippen molar-refractivity contribution < 1.29 is 9.90 Å². The fourth-order valence-electron chi connectivity index (χ4n) is 1.95. The summed E-state index contributed by atoms with van der Waals surface area (Å²) in [4.78, 5) is 14.8. The van der Waals surface area contributed by atoms with Gasteiger partial charge in [0.25, 0.3) is 0 Å². The highest BCUT2D eigenvalue weighted by molar-refractivity contribution is 7.09. The van der Waals surface area contributed by atoms with Gasteiger partial charge >= 0.3 is 5.97 Å². The van der Waals surface area contributed by atoms with Crippen molar-refractivity contribution in [3.8, 4) is 0 Å². The second-order valence-electron chi connectivity index (χ2n) is 4.48. The van der Waals surface area contributed by atoms with E-state index in [4.69, 9.17) is 5.11 Å². The van der Waals surface area contributed by atoms with Crippen LogP contribution in [0.5, 0.6) is 0 Å². The van der Waals surface area contributed by atoms with Crippen LogP contribution < -0.4 is 0 Å². The van der Waals surface area contributed by atoms with Gasteiger partial charge in [-0.3, -0.25) is 0 Å². The second kappa shape index (κ2) is 7.04. The van der Waals surface area contributed by atoms with Gasteiger partial charge in [0, 0.05) is 5.38 Å². The highest BCUT2D eigenvalue weighted by Gasteiger charge is 2.07. The van der Waals surface area contributed by atoms with E-state index in [2.05, 4.69) is 29.2 Å². The number of thiazole rings is 1.